The number of sulfonamides is 1. The number of carbonyl (C=O) groups is 1. The van der Waals surface area contributed by atoms with Crippen molar-refractivity contribution in [3.8, 4) is 17.2 Å². The fraction of sp³-hybridized carbons (Fsp3) is 0.200. The summed E-state index contributed by atoms with van der Waals surface area (Å²) in [5, 5.41) is 3.03. The van der Waals surface area contributed by atoms with Gasteiger partial charge < -0.3 is 19.4 Å². The highest BCUT2D eigenvalue weighted by atomic mass is 35.5. The monoisotopic (exact) mass is 464 g/mol. The van der Waals surface area contributed by atoms with Crippen LogP contribution in [-0.4, -0.2) is 56.5 Å². The summed E-state index contributed by atoms with van der Waals surface area (Å²) >= 11 is 6.14. The SMILES string of the molecule is COc1cc(OC)c(NC(=O)c2cn(-c3ccc(S(=O)(=O)N(C)C)cc3)cn2)cc1Cl. The third-order valence-corrected chi connectivity index (χ3v) is 6.58. The topological polar surface area (TPSA) is 103 Å². The van der Waals surface area contributed by atoms with Gasteiger partial charge in [0.2, 0.25) is 10.0 Å². The summed E-state index contributed by atoms with van der Waals surface area (Å²) in [6, 6.07) is 9.35. The zero-order chi connectivity index (χ0) is 22.8. The van der Waals surface area contributed by atoms with Crippen molar-refractivity contribution in [2.24, 2.45) is 0 Å². The average molecular weight is 465 g/mol. The summed E-state index contributed by atoms with van der Waals surface area (Å²) < 4.78 is 37.6. The maximum absolute atomic E-state index is 12.7. The van der Waals surface area contributed by atoms with Crippen molar-refractivity contribution in [1.82, 2.24) is 13.9 Å². The number of nitrogens with one attached hydrogen (secondary N) is 1. The molecule has 0 atom stereocenters. The number of carbonyl (C=O) groups excluding carboxylic acids is 1. The van der Waals surface area contributed by atoms with E-state index in [1.807, 2.05) is 0 Å². The van der Waals surface area contributed by atoms with Crippen molar-refractivity contribution >= 4 is 33.2 Å². The molecule has 31 heavy (non-hydrogen) atoms. The molecule has 9 nitrogen and oxygen atoms in total. The molecule has 1 N–H and O–H groups in total. The van der Waals surface area contributed by atoms with Gasteiger partial charge >= 0.3 is 0 Å². The van der Waals surface area contributed by atoms with Gasteiger partial charge in [-0.3, -0.25) is 4.79 Å². The fourth-order valence-corrected chi connectivity index (χ4v) is 3.87. The number of hydrogen-bond donors (Lipinski definition) is 1. The molecule has 0 bridgehead atoms. The van der Waals surface area contributed by atoms with E-state index in [0.29, 0.717) is 27.9 Å². The number of imidazole rings is 1. The van der Waals surface area contributed by atoms with Gasteiger partial charge in [-0.1, -0.05) is 11.6 Å². The third-order valence-electron chi connectivity index (χ3n) is 4.45. The molecular weight excluding hydrogens is 444 g/mol. The minimum absolute atomic E-state index is 0.152. The van der Waals surface area contributed by atoms with E-state index >= 15 is 0 Å². The first-order valence-electron chi connectivity index (χ1n) is 8.97. The van der Waals surface area contributed by atoms with Gasteiger partial charge in [0, 0.05) is 32.0 Å². The molecule has 0 saturated carbocycles. The molecule has 0 radical (unpaired) electrons. The van der Waals surface area contributed by atoms with E-state index in [-0.39, 0.29) is 10.6 Å². The number of anilines is 1. The van der Waals surface area contributed by atoms with Crippen molar-refractivity contribution in [3.63, 3.8) is 0 Å². The van der Waals surface area contributed by atoms with Crippen LogP contribution in [0.4, 0.5) is 5.69 Å². The minimum Gasteiger partial charge on any atom is -0.495 e. The first-order valence-corrected chi connectivity index (χ1v) is 10.8. The number of benzene rings is 2. The lowest BCUT2D eigenvalue weighted by Crippen LogP contribution is -2.22. The molecule has 2 aromatic carbocycles. The maximum atomic E-state index is 12.7. The van der Waals surface area contributed by atoms with Gasteiger partial charge in [-0.05, 0) is 30.3 Å². The highest BCUT2D eigenvalue weighted by Gasteiger charge is 2.18. The van der Waals surface area contributed by atoms with Crippen LogP contribution in [0.25, 0.3) is 5.69 Å². The van der Waals surface area contributed by atoms with E-state index in [1.165, 1.54) is 59.0 Å². The molecule has 3 rings (SSSR count). The number of nitrogens with zero attached hydrogens (tertiary/aromatic N) is 3. The molecular formula is C20H21ClN4O5S. The largest absolute Gasteiger partial charge is 0.495 e. The number of halogens is 1. The molecule has 1 amide bonds. The zero-order valence-corrected chi connectivity index (χ0v) is 18.9. The number of amides is 1. The van der Waals surface area contributed by atoms with E-state index in [0.717, 1.165) is 4.31 Å². The molecule has 0 unspecified atom stereocenters. The Balaban J connectivity index is 1.81. The Morgan fingerprint density at radius 3 is 2.32 bits per heavy atom. The molecule has 164 valence electrons. The highest BCUT2D eigenvalue weighted by molar-refractivity contribution is 7.89. The summed E-state index contributed by atoms with van der Waals surface area (Å²) in [7, 11) is 2.36. The van der Waals surface area contributed by atoms with E-state index in [1.54, 1.807) is 22.8 Å². The Hall–Kier alpha value is -3.08. The lowest BCUT2D eigenvalue weighted by atomic mass is 10.2. The molecule has 0 saturated heterocycles. The number of hydrogen-bond acceptors (Lipinski definition) is 6. The third kappa shape index (κ3) is 4.66. The van der Waals surface area contributed by atoms with Gasteiger partial charge in [0.25, 0.3) is 5.91 Å². The zero-order valence-electron chi connectivity index (χ0n) is 17.3. The Morgan fingerprint density at radius 1 is 1.10 bits per heavy atom. The van der Waals surface area contributed by atoms with Crippen molar-refractivity contribution in [2.45, 2.75) is 4.90 Å². The minimum atomic E-state index is -3.52. The summed E-state index contributed by atoms with van der Waals surface area (Å²) in [6.07, 6.45) is 2.99. The summed E-state index contributed by atoms with van der Waals surface area (Å²) in [5.74, 6) is 0.331. The molecule has 3 aromatic rings. The van der Waals surface area contributed by atoms with Crippen LogP contribution in [0.2, 0.25) is 5.02 Å². The van der Waals surface area contributed by atoms with Gasteiger partial charge in [0.1, 0.15) is 23.5 Å². The van der Waals surface area contributed by atoms with Crippen LogP contribution < -0.4 is 14.8 Å². The number of methoxy groups -OCH3 is 2. The van der Waals surface area contributed by atoms with E-state index in [4.69, 9.17) is 21.1 Å². The molecule has 11 heteroatoms. The van der Waals surface area contributed by atoms with Crippen molar-refractivity contribution < 1.29 is 22.7 Å². The Bertz CT molecular complexity index is 1210. The molecule has 0 aliphatic heterocycles. The summed E-state index contributed by atoms with van der Waals surface area (Å²) in [6.45, 7) is 0. The lowest BCUT2D eigenvalue weighted by molar-refractivity contribution is 0.102. The number of aromatic nitrogens is 2. The smallest absolute Gasteiger partial charge is 0.275 e. The second-order valence-electron chi connectivity index (χ2n) is 6.59. The molecule has 0 aliphatic rings. The number of ether oxygens (including phenoxy) is 2. The van der Waals surface area contributed by atoms with Crippen LogP contribution in [0, 0.1) is 0 Å². The first kappa shape index (κ1) is 22.6. The fourth-order valence-electron chi connectivity index (χ4n) is 2.73. The van der Waals surface area contributed by atoms with Crippen LogP contribution in [0.15, 0.2) is 53.8 Å². The van der Waals surface area contributed by atoms with Crippen LogP contribution >= 0.6 is 11.6 Å². The Labute approximate surface area is 185 Å². The molecule has 0 fully saturated rings. The predicted molar refractivity (Wildman–Crippen MR) is 117 cm³/mol. The molecule has 1 heterocycles. The first-order chi connectivity index (χ1) is 14.7. The van der Waals surface area contributed by atoms with Gasteiger partial charge in [-0.25, -0.2) is 17.7 Å². The highest BCUT2D eigenvalue weighted by Crippen LogP contribution is 2.36. The van der Waals surface area contributed by atoms with Crippen molar-refractivity contribution in [1.29, 1.82) is 0 Å². The van der Waals surface area contributed by atoms with Gasteiger partial charge in [-0.15, -0.1) is 0 Å². The van der Waals surface area contributed by atoms with Gasteiger partial charge in [0.05, 0.1) is 29.8 Å². The maximum Gasteiger partial charge on any atom is 0.275 e. The summed E-state index contributed by atoms with van der Waals surface area (Å²) in [4.78, 5) is 16.9. The molecule has 0 aliphatic carbocycles. The van der Waals surface area contributed by atoms with Gasteiger partial charge in [0.15, 0.2) is 0 Å². The van der Waals surface area contributed by atoms with Crippen LogP contribution in [0.5, 0.6) is 11.5 Å². The predicted octanol–water partition coefficient (Wildman–Crippen LogP) is 3.05. The van der Waals surface area contributed by atoms with Crippen molar-refractivity contribution in [3.05, 3.63) is 59.6 Å². The van der Waals surface area contributed by atoms with E-state index in [9.17, 15) is 13.2 Å². The Kier molecular flexibility index (Phi) is 6.54. The van der Waals surface area contributed by atoms with Crippen LogP contribution in [-0.2, 0) is 10.0 Å². The molecule has 0 spiro atoms. The van der Waals surface area contributed by atoms with E-state index in [2.05, 4.69) is 10.3 Å². The second-order valence-corrected chi connectivity index (χ2v) is 9.15. The van der Waals surface area contributed by atoms with Gasteiger partial charge in [-0.2, -0.15) is 0 Å². The number of rotatable bonds is 7. The normalized spacial score (nSPS) is 11.4. The van der Waals surface area contributed by atoms with Crippen LogP contribution in [0.3, 0.4) is 0 Å². The summed E-state index contributed by atoms with van der Waals surface area (Å²) in [5.41, 5.74) is 1.17. The van der Waals surface area contributed by atoms with Crippen molar-refractivity contribution in [2.75, 3.05) is 33.6 Å². The average Bonchev–Trinajstić information content (AvgIpc) is 3.24. The standard InChI is InChI=1S/C20H21ClN4O5S/c1-24(2)31(27,28)14-7-5-13(6-8-14)25-11-17(22-12-25)20(26)23-16-9-15(21)18(29-3)10-19(16)30-4/h5-12H,1-4H3,(H,23,26). The Morgan fingerprint density at radius 2 is 1.74 bits per heavy atom. The van der Waals surface area contributed by atoms with Crippen LogP contribution in [0.1, 0.15) is 10.5 Å². The molecule has 1 aromatic heterocycles. The lowest BCUT2D eigenvalue weighted by Gasteiger charge is -2.12. The second kappa shape index (κ2) is 8.96. The van der Waals surface area contributed by atoms with E-state index < -0.39 is 15.9 Å². The quantitative estimate of drug-likeness (QED) is 0.576.